The fourth-order valence-corrected chi connectivity index (χ4v) is 2.17. The van der Waals surface area contributed by atoms with Crippen LogP contribution in [0.3, 0.4) is 0 Å². The normalized spacial score (nSPS) is 13.0. The summed E-state index contributed by atoms with van der Waals surface area (Å²) in [6.07, 6.45) is 1.83. The van der Waals surface area contributed by atoms with Gasteiger partial charge in [-0.2, -0.15) is 0 Å². The molecule has 0 aliphatic rings. The molecule has 0 saturated carbocycles. The van der Waals surface area contributed by atoms with Crippen molar-refractivity contribution in [1.82, 2.24) is 4.90 Å². The molecule has 0 aliphatic heterocycles. The van der Waals surface area contributed by atoms with Crippen LogP contribution in [0.5, 0.6) is 0 Å². The average Bonchev–Trinajstić information content (AvgIpc) is 2.71. The summed E-state index contributed by atoms with van der Waals surface area (Å²) in [5, 5.41) is 10.9. The molecule has 4 heteroatoms. The zero-order valence-electron chi connectivity index (χ0n) is 8.80. The van der Waals surface area contributed by atoms with Crippen LogP contribution in [0.2, 0.25) is 0 Å². The minimum Gasteiger partial charge on any atom is -0.395 e. The van der Waals surface area contributed by atoms with E-state index in [2.05, 4.69) is 11.5 Å². The van der Waals surface area contributed by atoms with Gasteiger partial charge in [-0.15, -0.1) is 17.9 Å². The summed E-state index contributed by atoms with van der Waals surface area (Å²) >= 11 is 1.67. The number of aliphatic hydroxyl groups excluding tert-OH is 1. The summed E-state index contributed by atoms with van der Waals surface area (Å²) < 4.78 is 0. The van der Waals surface area contributed by atoms with Crippen molar-refractivity contribution < 1.29 is 5.11 Å². The highest BCUT2D eigenvalue weighted by atomic mass is 32.1. The van der Waals surface area contributed by atoms with Gasteiger partial charge in [0.1, 0.15) is 0 Å². The molecule has 0 saturated heterocycles. The Kier molecular flexibility index (Phi) is 5.57. The standard InChI is InChI=1S/C11H18N2OS/c1-2-5-13(6-7-14)9-10(12)11-4-3-8-15-11/h2-4,8,10,14H,1,5-7,9,12H2. The van der Waals surface area contributed by atoms with Gasteiger partial charge in [0.25, 0.3) is 0 Å². The minimum atomic E-state index is 0.0245. The monoisotopic (exact) mass is 226 g/mol. The van der Waals surface area contributed by atoms with Crippen molar-refractivity contribution in [2.24, 2.45) is 5.73 Å². The number of nitrogens with zero attached hydrogens (tertiary/aromatic N) is 1. The summed E-state index contributed by atoms with van der Waals surface area (Å²) in [5.41, 5.74) is 6.05. The zero-order valence-corrected chi connectivity index (χ0v) is 9.62. The summed E-state index contributed by atoms with van der Waals surface area (Å²) in [4.78, 5) is 3.28. The first-order valence-electron chi connectivity index (χ1n) is 5.01. The number of aliphatic hydroxyl groups is 1. The number of nitrogens with two attached hydrogens (primary N) is 1. The molecule has 3 N–H and O–H groups in total. The molecule has 0 aliphatic carbocycles. The topological polar surface area (TPSA) is 49.5 Å². The van der Waals surface area contributed by atoms with Crippen LogP contribution in [-0.4, -0.2) is 36.2 Å². The fraction of sp³-hybridized carbons (Fsp3) is 0.455. The van der Waals surface area contributed by atoms with E-state index in [4.69, 9.17) is 10.8 Å². The van der Waals surface area contributed by atoms with Crippen LogP contribution in [0.4, 0.5) is 0 Å². The summed E-state index contributed by atoms with van der Waals surface area (Å²) in [6.45, 7) is 6.01. The van der Waals surface area contributed by atoms with Gasteiger partial charge in [0.2, 0.25) is 0 Å². The van der Waals surface area contributed by atoms with Crippen LogP contribution in [-0.2, 0) is 0 Å². The van der Waals surface area contributed by atoms with Crippen LogP contribution in [0.25, 0.3) is 0 Å². The van der Waals surface area contributed by atoms with Gasteiger partial charge < -0.3 is 10.8 Å². The van der Waals surface area contributed by atoms with Crippen LogP contribution in [0.15, 0.2) is 30.2 Å². The van der Waals surface area contributed by atoms with Crippen LogP contribution in [0, 0.1) is 0 Å². The van der Waals surface area contributed by atoms with E-state index in [1.165, 1.54) is 4.88 Å². The third-order valence-corrected chi connectivity index (χ3v) is 3.17. The number of hydrogen-bond acceptors (Lipinski definition) is 4. The Hall–Kier alpha value is -0.680. The van der Waals surface area contributed by atoms with E-state index in [0.29, 0.717) is 6.54 Å². The molecule has 1 heterocycles. The lowest BCUT2D eigenvalue weighted by Crippen LogP contribution is -2.34. The molecule has 0 spiro atoms. The van der Waals surface area contributed by atoms with Crippen molar-refractivity contribution >= 4 is 11.3 Å². The van der Waals surface area contributed by atoms with Gasteiger partial charge in [0.15, 0.2) is 0 Å². The Morgan fingerprint density at radius 2 is 2.47 bits per heavy atom. The van der Waals surface area contributed by atoms with E-state index < -0.39 is 0 Å². The molecular weight excluding hydrogens is 208 g/mol. The molecule has 15 heavy (non-hydrogen) atoms. The molecule has 1 rings (SSSR count). The lowest BCUT2D eigenvalue weighted by atomic mass is 10.2. The lowest BCUT2D eigenvalue weighted by Gasteiger charge is -2.22. The molecule has 0 bridgehead atoms. The summed E-state index contributed by atoms with van der Waals surface area (Å²) in [6, 6.07) is 4.07. The maximum absolute atomic E-state index is 8.89. The molecular formula is C11H18N2OS. The molecule has 0 fully saturated rings. The predicted octanol–water partition coefficient (Wildman–Crippen LogP) is 1.23. The third kappa shape index (κ3) is 4.13. The second kappa shape index (κ2) is 6.74. The van der Waals surface area contributed by atoms with E-state index in [-0.39, 0.29) is 12.6 Å². The van der Waals surface area contributed by atoms with Gasteiger partial charge in [-0.1, -0.05) is 12.1 Å². The Balaban J connectivity index is 2.46. The van der Waals surface area contributed by atoms with Crippen molar-refractivity contribution in [2.75, 3.05) is 26.2 Å². The maximum atomic E-state index is 8.89. The van der Waals surface area contributed by atoms with Gasteiger partial charge in [-0.05, 0) is 11.4 Å². The smallest absolute Gasteiger partial charge is 0.0558 e. The highest BCUT2D eigenvalue weighted by Gasteiger charge is 2.11. The fourth-order valence-electron chi connectivity index (χ4n) is 1.45. The van der Waals surface area contributed by atoms with Gasteiger partial charge in [0, 0.05) is 24.5 Å². The molecule has 3 nitrogen and oxygen atoms in total. The molecule has 84 valence electrons. The lowest BCUT2D eigenvalue weighted by molar-refractivity contribution is 0.202. The van der Waals surface area contributed by atoms with E-state index in [1.807, 2.05) is 23.6 Å². The van der Waals surface area contributed by atoms with E-state index in [1.54, 1.807) is 11.3 Å². The Labute approximate surface area is 94.8 Å². The third-order valence-electron chi connectivity index (χ3n) is 2.17. The molecule has 0 radical (unpaired) electrons. The number of thiophene rings is 1. The highest BCUT2D eigenvalue weighted by molar-refractivity contribution is 7.10. The van der Waals surface area contributed by atoms with Crippen LogP contribution < -0.4 is 5.73 Å². The second-order valence-corrected chi connectivity index (χ2v) is 4.37. The molecule has 0 aromatic carbocycles. The predicted molar refractivity (Wildman–Crippen MR) is 65.0 cm³/mol. The van der Waals surface area contributed by atoms with Crippen LogP contribution in [0.1, 0.15) is 10.9 Å². The zero-order chi connectivity index (χ0) is 11.1. The SMILES string of the molecule is C=CCN(CCO)CC(N)c1cccs1. The maximum Gasteiger partial charge on any atom is 0.0558 e. The van der Waals surface area contributed by atoms with Crippen molar-refractivity contribution in [3.63, 3.8) is 0 Å². The van der Waals surface area contributed by atoms with Gasteiger partial charge in [0.05, 0.1) is 12.6 Å². The van der Waals surface area contributed by atoms with Crippen molar-refractivity contribution in [3.8, 4) is 0 Å². The minimum absolute atomic E-state index is 0.0245. The molecule has 1 aromatic heterocycles. The van der Waals surface area contributed by atoms with Crippen LogP contribution >= 0.6 is 11.3 Å². The van der Waals surface area contributed by atoms with Gasteiger partial charge >= 0.3 is 0 Å². The molecule has 1 aromatic rings. The number of hydrogen-bond donors (Lipinski definition) is 2. The first-order chi connectivity index (χ1) is 7.27. The van der Waals surface area contributed by atoms with E-state index in [0.717, 1.165) is 13.1 Å². The Morgan fingerprint density at radius 1 is 1.67 bits per heavy atom. The molecule has 1 unspecified atom stereocenters. The summed E-state index contributed by atoms with van der Waals surface area (Å²) in [5.74, 6) is 0. The average molecular weight is 226 g/mol. The second-order valence-electron chi connectivity index (χ2n) is 3.39. The first kappa shape index (κ1) is 12.4. The van der Waals surface area contributed by atoms with Crippen molar-refractivity contribution in [3.05, 3.63) is 35.0 Å². The summed E-state index contributed by atoms with van der Waals surface area (Å²) in [7, 11) is 0. The Morgan fingerprint density at radius 3 is 3.00 bits per heavy atom. The van der Waals surface area contributed by atoms with Gasteiger partial charge in [-0.3, -0.25) is 4.90 Å². The van der Waals surface area contributed by atoms with Gasteiger partial charge in [-0.25, -0.2) is 0 Å². The van der Waals surface area contributed by atoms with Crippen molar-refractivity contribution in [1.29, 1.82) is 0 Å². The van der Waals surface area contributed by atoms with E-state index >= 15 is 0 Å². The Bertz CT molecular complexity index is 274. The largest absolute Gasteiger partial charge is 0.395 e. The quantitative estimate of drug-likeness (QED) is 0.688. The highest BCUT2D eigenvalue weighted by Crippen LogP contribution is 2.17. The van der Waals surface area contributed by atoms with Crippen molar-refractivity contribution in [2.45, 2.75) is 6.04 Å². The molecule has 0 amide bonds. The van der Waals surface area contributed by atoms with E-state index in [9.17, 15) is 0 Å². The number of rotatable bonds is 7. The molecule has 1 atom stereocenters. The first-order valence-corrected chi connectivity index (χ1v) is 5.89.